The van der Waals surface area contributed by atoms with E-state index in [1.807, 2.05) is 57.2 Å². The SMILES string of the molecule is Cc1ncc(-c2ccnc(C(C)(C)C#N)c2)nc1-c1nnc(-c2ccc(OC3CN(C)C3)cc2)o1.[HH]. The van der Waals surface area contributed by atoms with Gasteiger partial charge in [-0.25, -0.2) is 4.98 Å². The highest BCUT2D eigenvalue weighted by atomic mass is 16.5. The molecule has 0 bridgehead atoms. The molecule has 4 aromatic rings. The highest BCUT2D eigenvalue weighted by Crippen LogP contribution is 2.29. The summed E-state index contributed by atoms with van der Waals surface area (Å²) in [7, 11) is 2.07. The predicted octanol–water partition coefficient (Wildman–Crippen LogP) is 4.30. The van der Waals surface area contributed by atoms with Crippen LogP contribution in [0.5, 0.6) is 5.75 Å². The minimum atomic E-state index is -0.715. The van der Waals surface area contributed by atoms with Gasteiger partial charge in [-0.05, 0) is 64.2 Å². The molecular formula is C26H27N7O2. The van der Waals surface area contributed by atoms with E-state index in [4.69, 9.17) is 14.1 Å². The first-order chi connectivity index (χ1) is 16.8. The highest BCUT2D eigenvalue weighted by molar-refractivity contribution is 5.64. The van der Waals surface area contributed by atoms with E-state index in [2.05, 4.69) is 38.2 Å². The number of nitriles is 1. The lowest BCUT2D eigenvalue weighted by molar-refractivity contribution is 0.0388. The smallest absolute Gasteiger partial charge is 0.268 e. The Kier molecular flexibility index (Phi) is 5.75. The van der Waals surface area contributed by atoms with Gasteiger partial charge in [-0.1, -0.05) is 0 Å². The van der Waals surface area contributed by atoms with Crippen LogP contribution in [0.3, 0.4) is 0 Å². The van der Waals surface area contributed by atoms with E-state index in [0.717, 1.165) is 30.0 Å². The molecule has 0 saturated carbocycles. The Morgan fingerprint density at radius 1 is 1.09 bits per heavy atom. The van der Waals surface area contributed by atoms with Crippen LogP contribution in [0.1, 0.15) is 26.7 Å². The number of ether oxygens (including phenoxy) is 1. The molecule has 1 fully saturated rings. The molecule has 0 radical (unpaired) electrons. The number of aryl methyl sites for hydroxylation is 1. The van der Waals surface area contributed by atoms with Gasteiger partial charge in [-0.2, -0.15) is 5.26 Å². The molecule has 5 rings (SSSR count). The standard InChI is InChI=1S/C26H25N7O2.H2/c1-16-23(30-21(12-29-16)18-9-10-28-22(11-18)26(2,3)15-27)25-32-31-24(35-25)17-5-7-19(8-6-17)34-20-13-33(4)14-20;/h5-12,20H,13-14H2,1-4H3;1H. The molecule has 1 aliphatic heterocycles. The van der Waals surface area contributed by atoms with Gasteiger partial charge in [0, 0.05) is 31.8 Å². The number of aromatic nitrogens is 5. The Balaban J connectivity index is 0.00000304. The summed E-state index contributed by atoms with van der Waals surface area (Å²) >= 11 is 0. The Morgan fingerprint density at radius 3 is 2.54 bits per heavy atom. The summed E-state index contributed by atoms with van der Waals surface area (Å²) in [5.41, 5.74) is 3.36. The van der Waals surface area contributed by atoms with Crippen LogP contribution in [0.2, 0.25) is 0 Å². The Hall–Kier alpha value is -4.16. The zero-order valence-corrected chi connectivity index (χ0v) is 20.1. The van der Waals surface area contributed by atoms with Gasteiger partial charge in [0.2, 0.25) is 5.89 Å². The first-order valence-corrected chi connectivity index (χ1v) is 11.3. The fraction of sp³-hybridized carbons (Fsp3) is 0.308. The number of nitrogens with zero attached hydrogens (tertiary/aromatic N) is 7. The van der Waals surface area contributed by atoms with Gasteiger partial charge in [0.25, 0.3) is 5.89 Å². The maximum atomic E-state index is 9.46. The average molecular weight is 470 g/mol. The largest absolute Gasteiger partial charge is 0.488 e. The molecule has 0 amide bonds. The normalized spacial score (nSPS) is 14.4. The van der Waals surface area contributed by atoms with Gasteiger partial charge in [-0.3, -0.25) is 14.9 Å². The summed E-state index contributed by atoms with van der Waals surface area (Å²) in [6.07, 6.45) is 3.59. The highest BCUT2D eigenvalue weighted by Gasteiger charge is 2.25. The van der Waals surface area contributed by atoms with E-state index >= 15 is 0 Å². The van der Waals surface area contributed by atoms with Crippen LogP contribution in [-0.2, 0) is 5.41 Å². The van der Waals surface area contributed by atoms with Crippen LogP contribution in [0.4, 0.5) is 0 Å². The predicted molar refractivity (Wildman–Crippen MR) is 131 cm³/mol. The number of pyridine rings is 1. The monoisotopic (exact) mass is 469 g/mol. The molecule has 9 heteroatoms. The minimum absolute atomic E-state index is 0. The summed E-state index contributed by atoms with van der Waals surface area (Å²) < 4.78 is 11.9. The van der Waals surface area contributed by atoms with E-state index in [1.54, 1.807) is 12.4 Å². The molecular weight excluding hydrogens is 442 g/mol. The maximum Gasteiger partial charge on any atom is 0.268 e. The molecule has 0 atom stereocenters. The van der Waals surface area contributed by atoms with Crippen molar-refractivity contribution in [3.63, 3.8) is 0 Å². The van der Waals surface area contributed by atoms with Crippen LogP contribution in [0, 0.1) is 18.3 Å². The Labute approximate surface area is 204 Å². The fourth-order valence-corrected chi connectivity index (χ4v) is 3.80. The molecule has 3 aromatic heterocycles. The van der Waals surface area contributed by atoms with Gasteiger partial charge >= 0.3 is 0 Å². The Bertz CT molecular complexity index is 1410. The van der Waals surface area contributed by atoms with Gasteiger partial charge < -0.3 is 9.15 Å². The second-order valence-corrected chi connectivity index (χ2v) is 9.25. The number of likely N-dealkylation sites (tertiary alicyclic amines) is 1. The number of rotatable bonds is 6. The van der Waals surface area contributed by atoms with Crippen molar-refractivity contribution in [1.82, 2.24) is 30.0 Å². The van der Waals surface area contributed by atoms with Crippen LogP contribution in [0.15, 0.2) is 53.2 Å². The lowest BCUT2D eigenvalue weighted by Crippen LogP contribution is -2.51. The zero-order valence-electron chi connectivity index (χ0n) is 20.1. The number of likely N-dealkylation sites (N-methyl/N-ethyl adjacent to an activating group) is 1. The maximum absolute atomic E-state index is 9.46. The molecule has 9 nitrogen and oxygen atoms in total. The lowest BCUT2D eigenvalue weighted by Gasteiger charge is -2.35. The molecule has 4 heterocycles. The van der Waals surface area contributed by atoms with Crippen molar-refractivity contribution < 1.29 is 10.6 Å². The molecule has 0 spiro atoms. The van der Waals surface area contributed by atoms with Crippen molar-refractivity contribution in [2.75, 3.05) is 20.1 Å². The third-order valence-electron chi connectivity index (χ3n) is 5.99. The van der Waals surface area contributed by atoms with Crippen molar-refractivity contribution in [3.05, 3.63) is 60.2 Å². The van der Waals surface area contributed by atoms with Crippen molar-refractivity contribution >= 4 is 0 Å². The topological polar surface area (TPSA) is 114 Å². The first kappa shape index (κ1) is 22.6. The molecule has 178 valence electrons. The quantitative estimate of drug-likeness (QED) is 0.407. The van der Waals surface area contributed by atoms with Gasteiger partial charge in [0.05, 0.1) is 34.8 Å². The van der Waals surface area contributed by atoms with E-state index in [1.165, 1.54) is 0 Å². The van der Waals surface area contributed by atoms with Crippen molar-refractivity contribution in [2.45, 2.75) is 32.3 Å². The van der Waals surface area contributed by atoms with Gasteiger partial charge in [0.15, 0.2) is 0 Å². The Morgan fingerprint density at radius 2 is 1.83 bits per heavy atom. The minimum Gasteiger partial charge on any atom is -0.488 e. The second-order valence-electron chi connectivity index (χ2n) is 9.25. The second kappa shape index (κ2) is 8.89. The molecule has 1 aliphatic rings. The van der Waals surface area contributed by atoms with Crippen LogP contribution >= 0.6 is 0 Å². The third-order valence-corrected chi connectivity index (χ3v) is 5.99. The molecule has 1 aromatic carbocycles. The molecule has 0 aliphatic carbocycles. The summed E-state index contributed by atoms with van der Waals surface area (Å²) in [5.74, 6) is 1.50. The van der Waals surface area contributed by atoms with Gasteiger partial charge in [0.1, 0.15) is 17.5 Å². The molecule has 0 unspecified atom stereocenters. The molecule has 1 saturated heterocycles. The van der Waals surface area contributed by atoms with E-state index in [-0.39, 0.29) is 13.4 Å². The molecule has 35 heavy (non-hydrogen) atoms. The van der Waals surface area contributed by atoms with E-state index in [0.29, 0.717) is 28.7 Å². The number of hydrogen-bond acceptors (Lipinski definition) is 9. The average Bonchev–Trinajstić information content (AvgIpc) is 3.34. The summed E-state index contributed by atoms with van der Waals surface area (Å²) in [6.45, 7) is 7.37. The van der Waals surface area contributed by atoms with Crippen LogP contribution < -0.4 is 4.74 Å². The van der Waals surface area contributed by atoms with Crippen molar-refractivity contribution in [3.8, 4) is 46.1 Å². The van der Waals surface area contributed by atoms with Gasteiger partial charge in [-0.15, -0.1) is 10.2 Å². The summed E-state index contributed by atoms with van der Waals surface area (Å²) in [4.78, 5) is 15.8. The summed E-state index contributed by atoms with van der Waals surface area (Å²) in [5, 5.41) is 17.9. The molecule has 0 N–H and O–H groups in total. The van der Waals surface area contributed by atoms with Crippen LogP contribution in [0.25, 0.3) is 34.3 Å². The van der Waals surface area contributed by atoms with E-state index < -0.39 is 5.41 Å². The lowest BCUT2D eigenvalue weighted by atomic mass is 9.90. The fourth-order valence-electron chi connectivity index (χ4n) is 3.80. The zero-order chi connectivity index (χ0) is 24.6. The van der Waals surface area contributed by atoms with Crippen LogP contribution in [-0.4, -0.2) is 56.3 Å². The van der Waals surface area contributed by atoms with Crippen molar-refractivity contribution in [1.29, 1.82) is 5.26 Å². The van der Waals surface area contributed by atoms with Crippen molar-refractivity contribution in [2.24, 2.45) is 0 Å². The summed E-state index contributed by atoms with van der Waals surface area (Å²) in [6, 6.07) is 13.6. The first-order valence-electron chi connectivity index (χ1n) is 11.3. The number of hydrogen-bond donors (Lipinski definition) is 0. The van der Waals surface area contributed by atoms with E-state index in [9.17, 15) is 5.26 Å². The third kappa shape index (κ3) is 4.61. The number of benzene rings is 1.